The van der Waals surface area contributed by atoms with E-state index in [2.05, 4.69) is 145 Å². The Hall–Kier alpha value is -4.78. The number of H-pyrrole nitrogens is 2. The number of fused-ring (bicyclic) bond motifs is 4. The summed E-state index contributed by atoms with van der Waals surface area (Å²) in [4.78, 5) is 44.7. The second kappa shape index (κ2) is 35.4. The normalized spacial score (nSPS) is 9.87. The van der Waals surface area contributed by atoms with E-state index in [1.165, 1.54) is 6.42 Å². The minimum absolute atomic E-state index is 0.0521. The van der Waals surface area contributed by atoms with Gasteiger partial charge in [-0.3, -0.25) is 24.0 Å². The van der Waals surface area contributed by atoms with Crippen molar-refractivity contribution in [3.63, 3.8) is 0 Å². The third kappa shape index (κ3) is 21.1. The number of carbonyl (C=O) groups excluding carboxylic acids is 2. The number of ether oxygens (including phenoxy) is 2. The maximum atomic E-state index is 11.7. The van der Waals surface area contributed by atoms with Crippen LogP contribution in [0, 0.1) is 0 Å². The molecule has 0 aliphatic rings. The molecular weight excluding hydrogens is 1290 g/mol. The lowest BCUT2D eigenvalue weighted by Gasteiger charge is -1.98. The van der Waals surface area contributed by atoms with E-state index in [4.69, 9.17) is 21.1 Å². The van der Waals surface area contributed by atoms with Gasteiger partial charge in [-0.1, -0.05) is 148 Å². The van der Waals surface area contributed by atoms with Crippen molar-refractivity contribution in [3.05, 3.63) is 113 Å². The SMILES string of the molecule is CC.CC.CC(C)I.CCC.CCOC(=O)c1n[nH]c2ccc(Br)cc12.CCOC(=O)c1nn(C)c2ccc(Br)cc12.Cn1nc(C(=O)O)c2cc(Br)ccc21.O=C(O)c1n[nH]c2ccc(Br)cc12.[2H]CF. The highest BCUT2D eigenvalue weighted by atomic mass is 127. The van der Waals surface area contributed by atoms with Gasteiger partial charge in [-0.2, -0.15) is 20.4 Å². The number of aromatic amines is 2. The van der Waals surface area contributed by atoms with Crippen molar-refractivity contribution in [2.24, 2.45) is 14.1 Å². The molecule has 8 rings (SSSR count). The van der Waals surface area contributed by atoms with Gasteiger partial charge in [0.2, 0.25) is 0 Å². The van der Waals surface area contributed by atoms with E-state index in [1.807, 2.05) is 82.3 Å². The molecule has 4 heterocycles. The summed E-state index contributed by atoms with van der Waals surface area (Å²) in [5.41, 5.74) is 4.09. The standard InChI is InChI=1S/C11H11BrN2O2.C10H9BrN2O2.C9H7BrN2O2.C8H5BrN2O2.C3H7I.C3H8.2C2H6.CH3F/c1-3-16-11(15)10-8-6-7(12)4-5-9(8)14(2)13-10;1-2-15-10(14)9-7-5-6(11)3-4-8(7)12-13-9;1-12-7-3-2-5(10)4-6(7)8(11-12)9(13)14;9-4-1-2-6-5(3-4)7(8(12)13)11-10-6;1-3(2)4;1-3-2;3*1-2/h4-6H,3H2,1-2H3;3-5H,2H2,1H3,(H,12,13);2-4H,1H3,(H,13,14);1-3H,(H,10,11)(H,12,13);3H,1-2H3;3H2,1-2H3;2*1-2H3;1H3/i;;;;;;;;1D. The van der Waals surface area contributed by atoms with E-state index in [-0.39, 0.29) is 17.4 Å². The molecule has 0 bridgehead atoms. The van der Waals surface area contributed by atoms with Crippen LogP contribution < -0.4 is 0 Å². The zero-order chi connectivity index (χ0) is 55.2. The molecule has 0 unspecified atom stereocenters. The number of nitrogens with zero attached hydrogens (tertiary/aromatic N) is 6. The highest BCUT2D eigenvalue weighted by Gasteiger charge is 2.18. The smallest absolute Gasteiger partial charge is 0.359 e. The number of esters is 2. The Morgan fingerprint density at radius 3 is 1.28 bits per heavy atom. The van der Waals surface area contributed by atoms with Crippen LogP contribution in [0.25, 0.3) is 43.6 Å². The molecule has 8 aromatic rings. The molecule has 0 saturated carbocycles. The second-order valence-electron chi connectivity index (χ2n) is 13.6. The Labute approximate surface area is 462 Å². The van der Waals surface area contributed by atoms with Gasteiger partial charge in [0.25, 0.3) is 0 Å². The van der Waals surface area contributed by atoms with Gasteiger partial charge in [0.1, 0.15) is 0 Å². The Bertz CT molecular complexity index is 2920. The highest BCUT2D eigenvalue weighted by molar-refractivity contribution is 14.1. The van der Waals surface area contributed by atoms with E-state index in [9.17, 15) is 23.6 Å². The van der Waals surface area contributed by atoms with Crippen LogP contribution in [-0.4, -0.2) is 98.3 Å². The first-order chi connectivity index (χ1) is 34.2. The van der Waals surface area contributed by atoms with Crippen LogP contribution in [0.15, 0.2) is 90.7 Å². The molecular formula is C49H62Br4FIN8O8. The Morgan fingerprint density at radius 2 is 0.915 bits per heavy atom. The van der Waals surface area contributed by atoms with Crippen molar-refractivity contribution in [1.29, 1.82) is 0 Å². The van der Waals surface area contributed by atoms with Gasteiger partial charge >= 0.3 is 23.9 Å². The van der Waals surface area contributed by atoms with E-state index in [0.717, 1.165) is 54.7 Å². The van der Waals surface area contributed by atoms with Crippen molar-refractivity contribution in [2.75, 3.05) is 20.4 Å². The van der Waals surface area contributed by atoms with Crippen molar-refractivity contribution in [2.45, 2.75) is 79.6 Å². The number of hydrogen-bond acceptors (Lipinski definition) is 10. The molecule has 4 aromatic heterocycles. The number of aromatic carboxylic acids is 2. The van der Waals surface area contributed by atoms with Crippen molar-refractivity contribution >= 4 is 154 Å². The summed E-state index contributed by atoms with van der Waals surface area (Å²) in [5, 5.41) is 41.6. The van der Waals surface area contributed by atoms with Crippen molar-refractivity contribution in [1.82, 2.24) is 40.0 Å². The maximum Gasteiger partial charge on any atom is 0.359 e. The highest BCUT2D eigenvalue weighted by Crippen LogP contribution is 2.25. The minimum atomic E-state index is -1.02. The molecule has 0 amide bonds. The monoisotopic (exact) mass is 1350 g/mol. The van der Waals surface area contributed by atoms with Gasteiger partial charge in [0, 0.05) is 57.5 Å². The average molecular weight is 1360 g/mol. The first kappa shape index (κ1) is 64.2. The largest absolute Gasteiger partial charge is 0.476 e. The van der Waals surface area contributed by atoms with Gasteiger partial charge in [0.05, 0.1) is 43.8 Å². The number of aryl methyl sites for hydroxylation is 2. The molecule has 0 radical (unpaired) electrons. The Kier molecular flexibility index (Phi) is 32.0. The Balaban J connectivity index is 0.000000860. The van der Waals surface area contributed by atoms with Crippen LogP contribution in [-0.2, 0) is 23.6 Å². The summed E-state index contributed by atoms with van der Waals surface area (Å²) in [6.07, 6.45) is 1.25. The predicted molar refractivity (Wildman–Crippen MR) is 305 cm³/mol. The van der Waals surface area contributed by atoms with Gasteiger partial charge in [0.15, 0.2) is 22.8 Å². The molecule has 16 nitrogen and oxygen atoms in total. The number of carboxylic acids is 2. The molecule has 4 N–H and O–H groups in total. The lowest BCUT2D eigenvalue weighted by atomic mass is 10.2. The van der Waals surface area contributed by atoms with E-state index < -0.39 is 25.1 Å². The fourth-order valence-electron chi connectivity index (χ4n) is 5.47. The summed E-state index contributed by atoms with van der Waals surface area (Å²) in [6.45, 7) is 20.8. The van der Waals surface area contributed by atoms with Crippen LogP contribution in [0.1, 0.15) is 119 Å². The number of alkyl halides is 2. The molecule has 0 saturated heterocycles. The van der Waals surface area contributed by atoms with Crippen LogP contribution in [0.2, 0.25) is 0 Å². The fourth-order valence-corrected chi connectivity index (χ4v) is 6.92. The van der Waals surface area contributed by atoms with Gasteiger partial charge in [-0.25, -0.2) is 19.2 Å². The molecule has 0 atom stereocenters. The first-order valence-electron chi connectivity index (χ1n) is 22.7. The van der Waals surface area contributed by atoms with Crippen molar-refractivity contribution < 1.29 is 44.6 Å². The van der Waals surface area contributed by atoms with Crippen molar-refractivity contribution in [3.8, 4) is 0 Å². The molecule has 0 aliphatic carbocycles. The lowest BCUT2D eigenvalue weighted by molar-refractivity contribution is 0.0511. The molecule has 0 fully saturated rings. The first-order valence-corrected chi connectivity index (χ1v) is 26.4. The summed E-state index contributed by atoms with van der Waals surface area (Å²) in [7, 11) is 2.53. The number of hydrogen-bond donors (Lipinski definition) is 4. The van der Waals surface area contributed by atoms with E-state index in [1.54, 1.807) is 55.5 Å². The number of carbonyl (C=O) groups is 4. The number of aromatic nitrogens is 8. The molecule has 22 heteroatoms. The Morgan fingerprint density at radius 1 is 0.620 bits per heavy atom. The zero-order valence-electron chi connectivity index (χ0n) is 42.6. The third-order valence-corrected chi connectivity index (χ3v) is 9.99. The quantitative estimate of drug-likeness (QED) is 0.0694. The predicted octanol–water partition coefficient (Wildman–Crippen LogP) is 15.0. The van der Waals surface area contributed by atoms with Gasteiger partial charge < -0.3 is 19.7 Å². The summed E-state index contributed by atoms with van der Waals surface area (Å²) in [6, 6.07) is 22.0. The summed E-state index contributed by atoms with van der Waals surface area (Å²) >= 11 is 15.6. The average Bonchev–Trinajstić information content (AvgIpc) is 4.11. The molecule has 388 valence electrons. The minimum Gasteiger partial charge on any atom is -0.476 e. The topological polar surface area (TPSA) is 220 Å². The molecule has 0 spiro atoms. The van der Waals surface area contributed by atoms with Gasteiger partial charge in [-0.15, -0.1) is 0 Å². The number of benzene rings is 4. The van der Waals surface area contributed by atoms with E-state index in [0.29, 0.717) is 35.4 Å². The summed E-state index contributed by atoms with van der Waals surface area (Å²) in [5.74, 6) is -2.81. The van der Waals surface area contributed by atoms with Crippen LogP contribution in [0.4, 0.5) is 4.39 Å². The van der Waals surface area contributed by atoms with E-state index >= 15 is 0 Å². The lowest BCUT2D eigenvalue weighted by Crippen LogP contribution is -2.06. The molecule has 0 aliphatic heterocycles. The zero-order valence-corrected chi connectivity index (χ0v) is 50.1. The molecule has 4 aromatic carbocycles. The molecule has 71 heavy (non-hydrogen) atoms. The van der Waals surface area contributed by atoms with Crippen LogP contribution >= 0.6 is 86.3 Å². The van der Waals surface area contributed by atoms with Crippen LogP contribution in [0.3, 0.4) is 0 Å². The number of nitrogens with one attached hydrogen (secondary N) is 2. The second-order valence-corrected chi connectivity index (χ2v) is 19.7. The maximum absolute atomic E-state index is 11.7. The summed E-state index contributed by atoms with van der Waals surface area (Å²) < 4.78 is 32.9. The number of carboxylic acid groups (broad SMARTS) is 2. The van der Waals surface area contributed by atoms with Gasteiger partial charge in [-0.05, 0) is 86.6 Å². The third-order valence-electron chi connectivity index (χ3n) is 8.02. The number of rotatable bonds is 6. The number of halogens is 6. The van der Waals surface area contributed by atoms with Crippen LogP contribution in [0.5, 0.6) is 0 Å². The fraction of sp³-hybridized carbons (Fsp3) is 0.347.